The van der Waals surface area contributed by atoms with Crippen molar-refractivity contribution in [3.05, 3.63) is 70.2 Å². The summed E-state index contributed by atoms with van der Waals surface area (Å²) in [4.78, 5) is 0. The summed E-state index contributed by atoms with van der Waals surface area (Å²) >= 11 is 5.98. The molecular formula is C16H15ClN2. The standard InChI is InChI=1S/C16H15ClN2/c1-12(13-7-4-8-16(17)9-13)19-11-15-6-3-2-5-14(15)10-18/h2-9,12,19H,11H2,1H3/t12-/m0/s1. The molecule has 2 aromatic rings. The lowest BCUT2D eigenvalue weighted by Crippen LogP contribution is -2.18. The second-order valence-electron chi connectivity index (χ2n) is 4.43. The molecule has 2 nitrogen and oxygen atoms in total. The van der Waals surface area contributed by atoms with Crippen molar-refractivity contribution in [3.63, 3.8) is 0 Å². The monoisotopic (exact) mass is 270 g/mol. The van der Waals surface area contributed by atoms with E-state index in [1.165, 1.54) is 0 Å². The Kier molecular flexibility index (Phi) is 4.57. The van der Waals surface area contributed by atoms with E-state index in [0.717, 1.165) is 16.1 Å². The molecule has 0 saturated heterocycles. The van der Waals surface area contributed by atoms with Gasteiger partial charge in [0.15, 0.2) is 0 Å². The van der Waals surface area contributed by atoms with Crippen molar-refractivity contribution >= 4 is 11.6 Å². The summed E-state index contributed by atoms with van der Waals surface area (Å²) in [5.41, 5.74) is 2.87. The van der Waals surface area contributed by atoms with Gasteiger partial charge in [0.1, 0.15) is 0 Å². The lowest BCUT2D eigenvalue weighted by Gasteiger charge is -2.15. The number of hydrogen-bond acceptors (Lipinski definition) is 2. The van der Waals surface area contributed by atoms with Gasteiger partial charge >= 0.3 is 0 Å². The van der Waals surface area contributed by atoms with Gasteiger partial charge in [0.05, 0.1) is 11.6 Å². The summed E-state index contributed by atoms with van der Waals surface area (Å²) in [6.45, 7) is 2.75. The number of rotatable bonds is 4. The van der Waals surface area contributed by atoms with Crippen LogP contribution in [-0.2, 0) is 6.54 Å². The van der Waals surface area contributed by atoms with Crippen LogP contribution in [0.2, 0.25) is 5.02 Å². The molecule has 0 unspecified atom stereocenters. The maximum Gasteiger partial charge on any atom is 0.0995 e. The van der Waals surface area contributed by atoms with Gasteiger partial charge < -0.3 is 5.32 Å². The van der Waals surface area contributed by atoms with Gasteiger partial charge in [-0.25, -0.2) is 0 Å². The third-order valence-electron chi connectivity index (χ3n) is 3.09. The summed E-state index contributed by atoms with van der Waals surface area (Å²) in [7, 11) is 0. The molecule has 1 atom stereocenters. The van der Waals surface area contributed by atoms with E-state index < -0.39 is 0 Å². The molecule has 2 rings (SSSR count). The zero-order valence-electron chi connectivity index (χ0n) is 10.7. The number of benzene rings is 2. The summed E-state index contributed by atoms with van der Waals surface area (Å²) < 4.78 is 0. The molecule has 2 aromatic carbocycles. The van der Waals surface area contributed by atoms with Gasteiger partial charge in [0, 0.05) is 17.6 Å². The number of nitrogens with one attached hydrogen (secondary N) is 1. The fraction of sp³-hybridized carbons (Fsp3) is 0.188. The van der Waals surface area contributed by atoms with E-state index >= 15 is 0 Å². The lowest BCUT2D eigenvalue weighted by molar-refractivity contribution is 0.574. The molecule has 96 valence electrons. The Labute approximate surface area is 118 Å². The van der Waals surface area contributed by atoms with E-state index in [2.05, 4.69) is 18.3 Å². The Morgan fingerprint density at radius 2 is 2.00 bits per heavy atom. The second-order valence-corrected chi connectivity index (χ2v) is 4.86. The lowest BCUT2D eigenvalue weighted by atomic mass is 10.1. The topological polar surface area (TPSA) is 35.8 Å². The van der Waals surface area contributed by atoms with Crippen LogP contribution >= 0.6 is 11.6 Å². The minimum absolute atomic E-state index is 0.186. The summed E-state index contributed by atoms with van der Waals surface area (Å²) in [6.07, 6.45) is 0. The molecule has 0 spiro atoms. The van der Waals surface area contributed by atoms with Crippen LogP contribution in [0.15, 0.2) is 48.5 Å². The Morgan fingerprint density at radius 1 is 1.21 bits per heavy atom. The van der Waals surface area contributed by atoms with Crippen LogP contribution in [0.25, 0.3) is 0 Å². The van der Waals surface area contributed by atoms with E-state index in [0.29, 0.717) is 12.1 Å². The van der Waals surface area contributed by atoms with Gasteiger partial charge in [0.25, 0.3) is 0 Å². The Morgan fingerprint density at radius 3 is 2.74 bits per heavy atom. The van der Waals surface area contributed by atoms with E-state index in [1.807, 2.05) is 48.5 Å². The highest BCUT2D eigenvalue weighted by Gasteiger charge is 2.07. The zero-order chi connectivity index (χ0) is 13.7. The molecule has 0 aliphatic carbocycles. The first-order valence-electron chi connectivity index (χ1n) is 6.17. The summed E-state index contributed by atoms with van der Waals surface area (Å²) in [5, 5.41) is 13.2. The predicted molar refractivity (Wildman–Crippen MR) is 77.9 cm³/mol. The first-order chi connectivity index (χ1) is 9.20. The maximum atomic E-state index is 9.04. The summed E-state index contributed by atoms with van der Waals surface area (Å²) in [5.74, 6) is 0. The van der Waals surface area contributed by atoms with Crippen LogP contribution in [0.5, 0.6) is 0 Å². The molecule has 3 heteroatoms. The van der Waals surface area contributed by atoms with Crippen molar-refractivity contribution in [2.24, 2.45) is 0 Å². The van der Waals surface area contributed by atoms with Crippen molar-refractivity contribution in [1.29, 1.82) is 5.26 Å². The third kappa shape index (κ3) is 3.57. The normalized spacial score (nSPS) is 11.8. The van der Waals surface area contributed by atoms with Crippen LogP contribution < -0.4 is 5.32 Å². The van der Waals surface area contributed by atoms with Gasteiger partial charge in [-0.3, -0.25) is 0 Å². The predicted octanol–water partition coefficient (Wildman–Crippen LogP) is 4.06. The van der Waals surface area contributed by atoms with Crippen molar-refractivity contribution in [2.45, 2.75) is 19.5 Å². The molecule has 0 heterocycles. The second kappa shape index (κ2) is 6.38. The smallest absolute Gasteiger partial charge is 0.0995 e. The molecule has 1 N–H and O–H groups in total. The Bertz CT molecular complexity index is 602. The van der Waals surface area contributed by atoms with E-state index in [4.69, 9.17) is 16.9 Å². The van der Waals surface area contributed by atoms with Gasteiger partial charge in [-0.2, -0.15) is 5.26 Å². The first-order valence-corrected chi connectivity index (χ1v) is 6.55. The molecule has 0 saturated carbocycles. The number of nitrogens with zero attached hydrogens (tertiary/aromatic N) is 1. The minimum atomic E-state index is 0.186. The van der Waals surface area contributed by atoms with Gasteiger partial charge in [-0.05, 0) is 36.2 Å². The zero-order valence-corrected chi connectivity index (χ0v) is 11.5. The minimum Gasteiger partial charge on any atom is -0.306 e. The largest absolute Gasteiger partial charge is 0.306 e. The number of hydrogen-bond donors (Lipinski definition) is 1. The Hall–Kier alpha value is -1.82. The van der Waals surface area contributed by atoms with Crippen molar-refractivity contribution < 1.29 is 0 Å². The van der Waals surface area contributed by atoms with Crippen LogP contribution in [0.1, 0.15) is 29.7 Å². The fourth-order valence-electron chi connectivity index (χ4n) is 1.94. The summed E-state index contributed by atoms with van der Waals surface area (Å²) in [6, 6.07) is 17.8. The molecule has 19 heavy (non-hydrogen) atoms. The highest BCUT2D eigenvalue weighted by Crippen LogP contribution is 2.18. The van der Waals surface area contributed by atoms with E-state index in [-0.39, 0.29) is 6.04 Å². The fourth-order valence-corrected chi connectivity index (χ4v) is 2.14. The number of halogens is 1. The highest BCUT2D eigenvalue weighted by molar-refractivity contribution is 6.30. The highest BCUT2D eigenvalue weighted by atomic mass is 35.5. The van der Waals surface area contributed by atoms with Gasteiger partial charge in [0.2, 0.25) is 0 Å². The molecular weight excluding hydrogens is 256 g/mol. The third-order valence-corrected chi connectivity index (χ3v) is 3.32. The van der Waals surface area contributed by atoms with Crippen LogP contribution in [0.4, 0.5) is 0 Å². The molecule has 0 aliphatic rings. The van der Waals surface area contributed by atoms with Crippen molar-refractivity contribution in [3.8, 4) is 6.07 Å². The quantitative estimate of drug-likeness (QED) is 0.909. The Balaban J connectivity index is 2.05. The molecule has 0 radical (unpaired) electrons. The van der Waals surface area contributed by atoms with Crippen LogP contribution in [0.3, 0.4) is 0 Å². The van der Waals surface area contributed by atoms with Crippen LogP contribution in [0, 0.1) is 11.3 Å². The first kappa shape index (κ1) is 13.6. The SMILES string of the molecule is C[C@H](NCc1ccccc1C#N)c1cccc(Cl)c1. The molecule has 0 aliphatic heterocycles. The van der Waals surface area contributed by atoms with Crippen molar-refractivity contribution in [1.82, 2.24) is 5.32 Å². The molecule has 0 amide bonds. The van der Waals surface area contributed by atoms with Gasteiger partial charge in [-0.15, -0.1) is 0 Å². The number of nitriles is 1. The van der Waals surface area contributed by atoms with Gasteiger partial charge in [-0.1, -0.05) is 41.9 Å². The van der Waals surface area contributed by atoms with Crippen LogP contribution in [-0.4, -0.2) is 0 Å². The average molecular weight is 271 g/mol. The molecule has 0 bridgehead atoms. The maximum absolute atomic E-state index is 9.04. The molecule has 0 fully saturated rings. The van der Waals surface area contributed by atoms with Crippen molar-refractivity contribution in [2.75, 3.05) is 0 Å². The van der Waals surface area contributed by atoms with E-state index in [9.17, 15) is 0 Å². The van der Waals surface area contributed by atoms with E-state index in [1.54, 1.807) is 0 Å². The molecule has 0 aromatic heterocycles. The average Bonchev–Trinajstić information content (AvgIpc) is 2.45.